The van der Waals surface area contributed by atoms with Crippen LogP contribution in [0.2, 0.25) is 0 Å². The molecule has 0 aromatic carbocycles. The highest BCUT2D eigenvalue weighted by atomic mass is 79.9. The molecule has 2 heterocycles. The van der Waals surface area contributed by atoms with Crippen LogP contribution in [-0.4, -0.2) is 56.5 Å². The van der Waals surface area contributed by atoms with Crippen LogP contribution in [0.1, 0.15) is 6.92 Å². The van der Waals surface area contributed by atoms with Crippen molar-refractivity contribution in [2.75, 3.05) is 6.61 Å². The van der Waals surface area contributed by atoms with Crippen LogP contribution < -0.4 is 5.32 Å². The molecule has 0 aromatic heterocycles. The monoisotopic (exact) mass is 320 g/mol. The van der Waals surface area contributed by atoms with E-state index in [2.05, 4.69) is 21.2 Å². The highest BCUT2D eigenvalue weighted by Crippen LogP contribution is 2.31. The summed E-state index contributed by atoms with van der Waals surface area (Å²) in [6, 6.07) is -0.738. The van der Waals surface area contributed by atoms with Gasteiger partial charge in [-0.25, -0.2) is 4.79 Å². The van der Waals surface area contributed by atoms with Crippen LogP contribution in [0.4, 0.5) is 4.79 Å². The van der Waals surface area contributed by atoms with Crippen LogP contribution in [0.3, 0.4) is 0 Å². The standard InChI is InChI=1S/C10H13BrN2O5/c1-10(11)7(15)12-9(17)13(8(10)16)6-3-2-5(4-14)18-6/h2-3,5-6,8,14,16H,4H2,1H3,(H,12,15,17). The van der Waals surface area contributed by atoms with Gasteiger partial charge in [-0.15, -0.1) is 0 Å². The fourth-order valence-electron chi connectivity index (χ4n) is 1.78. The van der Waals surface area contributed by atoms with Gasteiger partial charge in [-0.05, 0) is 13.0 Å². The number of carbonyl (C=O) groups excluding carboxylic acids is 2. The summed E-state index contributed by atoms with van der Waals surface area (Å²) >= 11 is 3.09. The number of ether oxygens (including phenoxy) is 1. The van der Waals surface area contributed by atoms with E-state index < -0.39 is 34.8 Å². The van der Waals surface area contributed by atoms with E-state index in [1.807, 2.05) is 0 Å². The molecule has 7 nitrogen and oxygen atoms in total. The predicted octanol–water partition coefficient (Wildman–Crippen LogP) is -0.716. The minimum atomic E-state index is -1.37. The predicted molar refractivity (Wildman–Crippen MR) is 63.6 cm³/mol. The van der Waals surface area contributed by atoms with Gasteiger partial charge in [0.25, 0.3) is 0 Å². The summed E-state index contributed by atoms with van der Waals surface area (Å²) < 4.78 is 4.02. The smallest absolute Gasteiger partial charge is 0.328 e. The number of rotatable bonds is 2. The molecule has 0 radical (unpaired) electrons. The summed E-state index contributed by atoms with van der Waals surface area (Å²) in [7, 11) is 0. The first-order valence-electron chi connectivity index (χ1n) is 5.33. The van der Waals surface area contributed by atoms with Crippen molar-refractivity contribution in [3.05, 3.63) is 12.2 Å². The molecule has 0 aliphatic carbocycles. The van der Waals surface area contributed by atoms with Gasteiger partial charge in [-0.2, -0.15) is 0 Å². The second-order valence-corrected chi connectivity index (χ2v) is 5.90. The van der Waals surface area contributed by atoms with Crippen molar-refractivity contribution in [2.24, 2.45) is 0 Å². The zero-order valence-corrected chi connectivity index (χ0v) is 11.1. The highest BCUT2D eigenvalue weighted by Gasteiger charge is 2.51. The topological polar surface area (TPSA) is 99.1 Å². The second kappa shape index (κ2) is 4.61. The van der Waals surface area contributed by atoms with E-state index in [0.29, 0.717) is 0 Å². The van der Waals surface area contributed by atoms with E-state index in [0.717, 1.165) is 4.90 Å². The van der Waals surface area contributed by atoms with Crippen molar-refractivity contribution in [1.82, 2.24) is 10.2 Å². The number of urea groups is 1. The molecule has 3 amide bonds. The summed E-state index contributed by atoms with van der Waals surface area (Å²) in [6.45, 7) is 1.23. The Kier molecular flexibility index (Phi) is 3.45. The van der Waals surface area contributed by atoms with Crippen molar-refractivity contribution in [3.63, 3.8) is 0 Å². The lowest BCUT2D eigenvalue weighted by Gasteiger charge is -2.42. The minimum Gasteiger partial charge on any atom is -0.393 e. The maximum Gasteiger partial charge on any atom is 0.328 e. The number of hydrogen-bond donors (Lipinski definition) is 3. The third-order valence-corrected chi connectivity index (χ3v) is 3.68. The zero-order valence-electron chi connectivity index (χ0n) is 9.54. The Morgan fingerprint density at radius 3 is 2.78 bits per heavy atom. The van der Waals surface area contributed by atoms with Gasteiger partial charge in [-0.1, -0.05) is 22.0 Å². The Labute approximate surface area is 112 Å². The summed E-state index contributed by atoms with van der Waals surface area (Å²) in [4.78, 5) is 24.3. The van der Waals surface area contributed by atoms with Crippen molar-refractivity contribution >= 4 is 27.9 Å². The lowest BCUT2D eigenvalue weighted by Crippen LogP contribution is -2.68. The fourth-order valence-corrected chi connectivity index (χ4v) is 2.10. The number of carbonyl (C=O) groups is 2. The van der Waals surface area contributed by atoms with Gasteiger partial charge in [0, 0.05) is 0 Å². The summed E-state index contributed by atoms with van der Waals surface area (Å²) in [5.41, 5.74) is 0. The first-order chi connectivity index (χ1) is 8.37. The quantitative estimate of drug-likeness (QED) is 0.461. The van der Waals surface area contributed by atoms with Crippen LogP contribution in [0, 0.1) is 0 Å². The number of hydrogen-bond acceptors (Lipinski definition) is 5. The summed E-state index contributed by atoms with van der Waals surface area (Å²) in [6.07, 6.45) is 0.428. The Morgan fingerprint density at radius 2 is 2.22 bits per heavy atom. The molecule has 0 saturated carbocycles. The van der Waals surface area contributed by atoms with E-state index in [1.54, 1.807) is 12.2 Å². The summed E-state index contributed by atoms with van der Waals surface area (Å²) in [5, 5.41) is 21.1. The molecular formula is C10H13BrN2O5. The number of imide groups is 1. The second-order valence-electron chi connectivity index (χ2n) is 4.25. The van der Waals surface area contributed by atoms with Crippen LogP contribution in [0.25, 0.3) is 0 Å². The molecule has 4 unspecified atom stereocenters. The van der Waals surface area contributed by atoms with Crippen molar-refractivity contribution in [2.45, 2.75) is 29.8 Å². The zero-order chi connectivity index (χ0) is 13.5. The van der Waals surface area contributed by atoms with Gasteiger partial charge >= 0.3 is 6.03 Å². The van der Waals surface area contributed by atoms with Crippen molar-refractivity contribution in [1.29, 1.82) is 0 Å². The average molecular weight is 321 g/mol. The normalized spacial score (nSPS) is 40.2. The molecule has 0 aromatic rings. The van der Waals surface area contributed by atoms with Gasteiger partial charge in [0.15, 0.2) is 12.5 Å². The first-order valence-corrected chi connectivity index (χ1v) is 6.12. The molecule has 100 valence electrons. The lowest BCUT2D eigenvalue weighted by atomic mass is 10.1. The Bertz CT molecular complexity index is 411. The molecule has 4 atom stereocenters. The van der Waals surface area contributed by atoms with E-state index in [1.165, 1.54) is 6.92 Å². The van der Waals surface area contributed by atoms with E-state index in [9.17, 15) is 14.7 Å². The largest absolute Gasteiger partial charge is 0.393 e. The maximum atomic E-state index is 11.7. The number of halogens is 1. The number of aliphatic hydroxyl groups is 2. The Hall–Kier alpha value is -0.960. The molecule has 0 spiro atoms. The van der Waals surface area contributed by atoms with Crippen LogP contribution in [0.15, 0.2) is 12.2 Å². The summed E-state index contributed by atoms with van der Waals surface area (Å²) in [5.74, 6) is -0.614. The van der Waals surface area contributed by atoms with E-state index in [4.69, 9.17) is 9.84 Å². The molecule has 1 saturated heterocycles. The highest BCUT2D eigenvalue weighted by molar-refractivity contribution is 9.10. The number of nitrogens with zero attached hydrogens (tertiary/aromatic N) is 1. The van der Waals surface area contributed by atoms with E-state index >= 15 is 0 Å². The van der Waals surface area contributed by atoms with Gasteiger partial charge in [-0.3, -0.25) is 15.0 Å². The molecule has 2 aliphatic heterocycles. The van der Waals surface area contributed by atoms with Crippen LogP contribution in [0.5, 0.6) is 0 Å². The van der Waals surface area contributed by atoms with Gasteiger partial charge in [0.1, 0.15) is 10.4 Å². The molecule has 2 aliphatic rings. The third-order valence-electron chi connectivity index (χ3n) is 2.91. The number of amides is 3. The first kappa shape index (κ1) is 13.5. The van der Waals surface area contributed by atoms with Crippen LogP contribution in [-0.2, 0) is 9.53 Å². The van der Waals surface area contributed by atoms with Crippen molar-refractivity contribution in [3.8, 4) is 0 Å². The van der Waals surface area contributed by atoms with Gasteiger partial charge in [0.05, 0.1) is 6.61 Å². The SMILES string of the molecule is CC1(Br)C(=O)NC(=O)N(C2C=CC(CO)O2)C1O. The molecule has 3 N–H and O–H groups in total. The number of aliphatic hydroxyl groups excluding tert-OH is 2. The molecule has 2 rings (SSSR count). The fraction of sp³-hybridized carbons (Fsp3) is 0.600. The van der Waals surface area contributed by atoms with Gasteiger partial charge in [0.2, 0.25) is 5.91 Å². The third kappa shape index (κ3) is 2.05. The minimum absolute atomic E-state index is 0.219. The molecule has 0 bridgehead atoms. The Balaban J connectivity index is 2.20. The maximum absolute atomic E-state index is 11.7. The lowest BCUT2D eigenvalue weighted by molar-refractivity contribution is -0.143. The molecular weight excluding hydrogens is 308 g/mol. The van der Waals surface area contributed by atoms with Crippen molar-refractivity contribution < 1.29 is 24.5 Å². The molecule has 18 heavy (non-hydrogen) atoms. The van der Waals surface area contributed by atoms with E-state index in [-0.39, 0.29) is 6.61 Å². The number of nitrogens with one attached hydrogen (secondary N) is 1. The van der Waals surface area contributed by atoms with Gasteiger partial charge < -0.3 is 14.9 Å². The Morgan fingerprint density at radius 1 is 1.56 bits per heavy atom. The van der Waals surface area contributed by atoms with Crippen LogP contribution >= 0.6 is 15.9 Å². The number of alkyl halides is 1. The molecule has 8 heteroatoms. The molecule has 1 fully saturated rings. The average Bonchev–Trinajstić information content (AvgIpc) is 2.76.